The normalized spacial score (nSPS) is 11.0. The Kier molecular flexibility index (Phi) is 5.43. The van der Waals surface area contributed by atoms with Crippen LogP contribution in [-0.2, 0) is 0 Å². The number of hydrogen-bond donors (Lipinski definition) is 0. The lowest BCUT2D eigenvalue weighted by molar-refractivity contribution is 0.340. The molecule has 0 saturated heterocycles. The second-order valence-electron chi connectivity index (χ2n) is 4.53. The van der Waals surface area contributed by atoms with Gasteiger partial charge in [-0.05, 0) is 51.1 Å². The zero-order valence-corrected chi connectivity index (χ0v) is 12.9. The largest absolute Gasteiger partial charge is 0.494 e. The molecule has 0 amide bonds. The summed E-state index contributed by atoms with van der Waals surface area (Å²) in [5.41, 5.74) is 0.874. The minimum atomic E-state index is 0.670. The zero-order valence-electron chi connectivity index (χ0n) is 12.9. The van der Waals surface area contributed by atoms with Crippen LogP contribution in [0.5, 0.6) is 5.75 Å². The molecule has 1 heterocycles. The molecule has 0 fully saturated rings. The van der Waals surface area contributed by atoms with Gasteiger partial charge in [-0.15, -0.1) is 0 Å². The number of rotatable bonds is 7. The van der Waals surface area contributed by atoms with E-state index >= 15 is 0 Å². The van der Waals surface area contributed by atoms with Crippen molar-refractivity contribution in [3.8, 4) is 5.75 Å². The topological polar surface area (TPSA) is 38.0 Å². The summed E-state index contributed by atoms with van der Waals surface area (Å²) in [4.78, 5) is 6.57. The Balaban J connectivity index is 2.03. The predicted molar refractivity (Wildman–Crippen MR) is 87.1 cm³/mol. The number of hydrogen-bond acceptors (Lipinski definition) is 4. The minimum Gasteiger partial charge on any atom is -0.494 e. The fraction of sp³-hybridized carbons (Fsp3) is 0.353. The van der Waals surface area contributed by atoms with Crippen molar-refractivity contribution in [2.75, 3.05) is 24.6 Å². The maximum Gasteiger partial charge on any atom is 0.196 e. The molecule has 0 spiro atoms. The van der Waals surface area contributed by atoms with Gasteiger partial charge < -0.3 is 14.1 Å². The van der Waals surface area contributed by atoms with Gasteiger partial charge in [-0.1, -0.05) is 0 Å². The van der Waals surface area contributed by atoms with Crippen LogP contribution in [0.2, 0.25) is 0 Å². The number of furan rings is 1. The summed E-state index contributed by atoms with van der Waals surface area (Å²) in [7, 11) is 0. The highest BCUT2D eigenvalue weighted by Gasteiger charge is 2.06. The molecule has 0 aliphatic heterocycles. The number of anilines is 1. The van der Waals surface area contributed by atoms with Gasteiger partial charge in [0.2, 0.25) is 0 Å². The van der Waals surface area contributed by atoms with Gasteiger partial charge in [0.05, 0.1) is 18.5 Å². The molecule has 0 bridgehead atoms. The van der Waals surface area contributed by atoms with Crippen molar-refractivity contribution in [2.24, 2.45) is 4.99 Å². The fourth-order valence-electron chi connectivity index (χ4n) is 2.05. The van der Waals surface area contributed by atoms with E-state index in [2.05, 4.69) is 23.7 Å². The van der Waals surface area contributed by atoms with E-state index in [0.29, 0.717) is 6.61 Å². The molecule has 0 N–H and O–H groups in total. The van der Waals surface area contributed by atoms with E-state index in [0.717, 1.165) is 36.2 Å². The highest BCUT2D eigenvalue weighted by atomic mass is 16.5. The molecule has 2 rings (SSSR count). The Labute approximate surface area is 126 Å². The fourth-order valence-corrected chi connectivity index (χ4v) is 2.05. The summed E-state index contributed by atoms with van der Waals surface area (Å²) >= 11 is 0. The third kappa shape index (κ3) is 4.12. The first-order chi connectivity index (χ1) is 10.3. The first-order valence-electron chi connectivity index (χ1n) is 7.38. The van der Waals surface area contributed by atoms with E-state index in [9.17, 15) is 0 Å². The molecule has 0 radical (unpaired) electrons. The Morgan fingerprint density at radius 1 is 1.05 bits per heavy atom. The quantitative estimate of drug-likeness (QED) is 0.713. The second-order valence-corrected chi connectivity index (χ2v) is 4.53. The molecule has 112 valence electrons. The van der Waals surface area contributed by atoms with Gasteiger partial charge in [0.15, 0.2) is 5.88 Å². The summed E-state index contributed by atoms with van der Waals surface area (Å²) in [5, 5.41) is 0. The van der Waals surface area contributed by atoms with Crippen LogP contribution in [0.4, 0.5) is 11.6 Å². The zero-order chi connectivity index (χ0) is 15.1. The van der Waals surface area contributed by atoms with E-state index in [1.807, 2.05) is 43.3 Å². The van der Waals surface area contributed by atoms with Gasteiger partial charge >= 0.3 is 0 Å². The Bertz CT molecular complexity index is 569. The van der Waals surface area contributed by atoms with Crippen LogP contribution >= 0.6 is 0 Å². The van der Waals surface area contributed by atoms with Gasteiger partial charge in [0.1, 0.15) is 11.5 Å². The molecule has 0 aliphatic carbocycles. The highest BCUT2D eigenvalue weighted by Crippen LogP contribution is 2.20. The molecule has 0 atom stereocenters. The Hall–Kier alpha value is -2.23. The van der Waals surface area contributed by atoms with Crippen LogP contribution in [-0.4, -0.2) is 25.9 Å². The molecule has 0 aliphatic rings. The standard InChI is InChI=1S/C17H22N2O2/c1-4-19(5-2)17-12-11-16(21-17)13-18-14-7-9-15(10-8-14)20-6-3/h7-13H,4-6H2,1-3H3. The van der Waals surface area contributed by atoms with Crippen LogP contribution in [0, 0.1) is 0 Å². The first kappa shape index (κ1) is 15.2. The van der Waals surface area contributed by atoms with Crippen LogP contribution in [0.15, 0.2) is 45.8 Å². The molecule has 1 aromatic carbocycles. The average Bonchev–Trinajstić information content (AvgIpc) is 2.97. The lowest BCUT2D eigenvalue weighted by Gasteiger charge is -2.16. The van der Waals surface area contributed by atoms with Crippen molar-refractivity contribution in [1.29, 1.82) is 0 Å². The summed E-state index contributed by atoms with van der Waals surface area (Å²) in [6.07, 6.45) is 1.74. The van der Waals surface area contributed by atoms with Gasteiger partial charge in [-0.3, -0.25) is 4.99 Å². The van der Waals surface area contributed by atoms with E-state index < -0.39 is 0 Å². The maximum absolute atomic E-state index is 5.76. The van der Waals surface area contributed by atoms with Crippen LogP contribution in [0.1, 0.15) is 26.5 Å². The Morgan fingerprint density at radius 2 is 1.76 bits per heavy atom. The van der Waals surface area contributed by atoms with Gasteiger partial charge in [0, 0.05) is 19.2 Å². The minimum absolute atomic E-state index is 0.670. The SMILES string of the molecule is CCOc1ccc(N=Cc2ccc(N(CC)CC)o2)cc1. The van der Waals surface area contributed by atoms with E-state index in [4.69, 9.17) is 9.15 Å². The van der Waals surface area contributed by atoms with Gasteiger partial charge in [0.25, 0.3) is 0 Å². The number of nitrogens with zero attached hydrogens (tertiary/aromatic N) is 2. The van der Waals surface area contributed by atoms with E-state index in [1.165, 1.54) is 0 Å². The molecule has 2 aromatic rings. The van der Waals surface area contributed by atoms with Crippen molar-refractivity contribution >= 4 is 17.8 Å². The molecular weight excluding hydrogens is 264 g/mol. The van der Waals surface area contributed by atoms with Crippen LogP contribution < -0.4 is 9.64 Å². The maximum atomic E-state index is 5.76. The smallest absolute Gasteiger partial charge is 0.196 e. The first-order valence-corrected chi connectivity index (χ1v) is 7.38. The van der Waals surface area contributed by atoms with E-state index in [1.54, 1.807) is 6.21 Å². The average molecular weight is 286 g/mol. The third-order valence-corrected chi connectivity index (χ3v) is 3.18. The number of aliphatic imine (C=N–C) groups is 1. The van der Waals surface area contributed by atoms with Crippen molar-refractivity contribution in [3.63, 3.8) is 0 Å². The summed E-state index contributed by atoms with van der Waals surface area (Å²) in [6, 6.07) is 11.6. The van der Waals surface area contributed by atoms with Crippen molar-refractivity contribution in [2.45, 2.75) is 20.8 Å². The number of benzene rings is 1. The van der Waals surface area contributed by atoms with Crippen molar-refractivity contribution in [3.05, 3.63) is 42.2 Å². The van der Waals surface area contributed by atoms with Crippen LogP contribution in [0.25, 0.3) is 0 Å². The summed E-state index contributed by atoms with van der Waals surface area (Å²) in [5.74, 6) is 2.50. The van der Waals surface area contributed by atoms with E-state index in [-0.39, 0.29) is 0 Å². The molecule has 4 heteroatoms. The van der Waals surface area contributed by atoms with Crippen molar-refractivity contribution in [1.82, 2.24) is 0 Å². The molecule has 0 unspecified atom stereocenters. The van der Waals surface area contributed by atoms with Crippen molar-refractivity contribution < 1.29 is 9.15 Å². The molecule has 21 heavy (non-hydrogen) atoms. The summed E-state index contributed by atoms with van der Waals surface area (Å²) < 4.78 is 11.2. The molecule has 4 nitrogen and oxygen atoms in total. The Morgan fingerprint density at radius 3 is 2.38 bits per heavy atom. The highest BCUT2D eigenvalue weighted by molar-refractivity contribution is 5.79. The lowest BCUT2D eigenvalue weighted by atomic mass is 10.3. The molecule has 0 saturated carbocycles. The molecular formula is C17H22N2O2. The number of ether oxygens (including phenoxy) is 1. The lowest BCUT2D eigenvalue weighted by Crippen LogP contribution is -2.20. The summed E-state index contributed by atoms with van der Waals surface area (Å²) in [6.45, 7) is 8.72. The third-order valence-electron chi connectivity index (χ3n) is 3.18. The predicted octanol–water partition coefficient (Wildman–Crippen LogP) is 4.28. The van der Waals surface area contributed by atoms with Gasteiger partial charge in [-0.25, -0.2) is 0 Å². The second kappa shape index (κ2) is 7.53. The molecule has 1 aromatic heterocycles. The van der Waals surface area contributed by atoms with Crippen LogP contribution in [0.3, 0.4) is 0 Å². The monoisotopic (exact) mass is 286 g/mol. The van der Waals surface area contributed by atoms with Gasteiger partial charge in [-0.2, -0.15) is 0 Å².